The number of nitrogen functional groups attached to an aromatic ring is 1. The summed E-state index contributed by atoms with van der Waals surface area (Å²) in [5.74, 6) is -0.0329. The monoisotopic (exact) mass is 286 g/mol. The average Bonchev–Trinajstić information content (AvgIpc) is 3.09. The van der Waals surface area contributed by atoms with Crippen LogP contribution in [0.25, 0.3) is 11.1 Å². The first-order chi connectivity index (χ1) is 9.75. The molecule has 2 aromatic rings. The molecule has 20 heavy (non-hydrogen) atoms. The maximum Gasteiger partial charge on any atom is 0.255 e. The minimum Gasteiger partial charge on any atom is -0.390 e. The number of hydrogen-bond acceptors (Lipinski definition) is 3. The molecule has 0 spiro atoms. The molecule has 0 saturated heterocycles. The van der Waals surface area contributed by atoms with Crippen molar-refractivity contribution < 1.29 is 4.79 Å². The van der Waals surface area contributed by atoms with Gasteiger partial charge >= 0.3 is 0 Å². The fourth-order valence-corrected chi connectivity index (χ4v) is 3.58. The standard InChI is InChI=1S/C16H18N2OS/c17-15-14(16(19)18-12-8-4-5-9-12)13(10-20-15)11-6-2-1-3-7-11/h1-3,6-7,10,12H,4-5,8-9,17H2,(H,18,19). The molecule has 4 heteroatoms. The van der Waals surface area contributed by atoms with Gasteiger partial charge in [-0.3, -0.25) is 4.79 Å². The number of benzene rings is 1. The Bertz CT molecular complexity index is 600. The third-order valence-electron chi connectivity index (χ3n) is 3.82. The Kier molecular flexibility index (Phi) is 3.74. The molecule has 1 aliphatic carbocycles. The highest BCUT2D eigenvalue weighted by molar-refractivity contribution is 7.15. The minimum absolute atomic E-state index is 0.0329. The van der Waals surface area contributed by atoms with Gasteiger partial charge in [-0.15, -0.1) is 11.3 Å². The van der Waals surface area contributed by atoms with Crippen LogP contribution in [0.15, 0.2) is 35.7 Å². The summed E-state index contributed by atoms with van der Waals surface area (Å²) < 4.78 is 0. The summed E-state index contributed by atoms with van der Waals surface area (Å²) in [7, 11) is 0. The number of rotatable bonds is 3. The average molecular weight is 286 g/mol. The quantitative estimate of drug-likeness (QED) is 0.904. The number of anilines is 1. The van der Waals surface area contributed by atoms with Crippen molar-refractivity contribution in [2.75, 3.05) is 5.73 Å². The zero-order valence-corrected chi connectivity index (χ0v) is 12.1. The van der Waals surface area contributed by atoms with Crippen LogP contribution in [-0.4, -0.2) is 11.9 Å². The van der Waals surface area contributed by atoms with Crippen molar-refractivity contribution >= 4 is 22.2 Å². The van der Waals surface area contributed by atoms with Crippen molar-refractivity contribution in [2.45, 2.75) is 31.7 Å². The summed E-state index contributed by atoms with van der Waals surface area (Å²) in [6.07, 6.45) is 4.57. The van der Waals surface area contributed by atoms with Gasteiger partial charge in [0.05, 0.1) is 10.6 Å². The molecule has 0 unspecified atom stereocenters. The third kappa shape index (κ3) is 2.56. The Morgan fingerprint density at radius 3 is 2.60 bits per heavy atom. The maximum absolute atomic E-state index is 12.5. The van der Waals surface area contributed by atoms with Crippen molar-refractivity contribution in [3.05, 3.63) is 41.3 Å². The van der Waals surface area contributed by atoms with Crippen LogP contribution in [0.3, 0.4) is 0 Å². The van der Waals surface area contributed by atoms with E-state index in [1.165, 1.54) is 24.2 Å². The Morgan fingerprint density at radius 2 is 1.90 bits per heavy atom. The van der Waals surface area contributed by atoms with Crippen molar-refractivity contribution in [3.8, 4) is 11.1 Å². The first-order valence-corrected chi connectivity index (χ1v) is 7.87. The normalized spacial score (nSPS) is 15.4. The highest BCUT2D eigenvalue weighted by atomic mass is 32.1. The van der Waals surface area contributed by atoms with Crippen LogP contribution in [0.1, 0.15) is 36.0 Å². The van der Waals surface area contributed by atoms with Gasteiger partial charge in [0.2, 0.25) is 0 Å². The van der Waals surface area contributed by atoms with Crippen molar-refractivity contribution in [3.63, 3.8) is 0 Å². The topological polar surface area (TPSA) is 55.1 Å². The van der Waals surface area contributed by atoms with E-state index in [4.69, 9.17) is 5.73 Å². The van der Waals surface area contributed by atoms with Crippen molar-refractivity contribution in [1.82, 2.24) is 5.32 Å². The van der Waals surface area contributed by atoms with Gasteiger partial charge in [0, 0.05) is 17.0 Å². The molecule has 0 aliphatic heterocycles. The zero-order chi connectivity index (χ0) is 13.9. The van der Waals surface area contributed by atoms with Crippen LogP contribution in [0.5, 0.6) is 0 Å². The van der Waals surface area contributed by atoms with Crippen LogP contribution in [0.4, 0.5) is 5.00 Å². The lowest BCUT2D eigenvalue weighted by Crippen LogP contribution is -2.33. The Morgan fingerprint density at radius 1 is 1.20 bits per heavy atom. The molecule has 0 bridgehead atoms. The van der Waals surface area contributed by atoms with E-state index in [2.05, 4.69) is 5.32 Å². The Labute approximate surface area is 122 Å². The summed E-state index contributed by atoms with van der Waals surface area (Å²) in [6, 6.07) is 10.2. The largest absolute Gasteiger partial charge is 0.390 e. The van der Waals surface area contributed by atoms with Crippen LogP contribution < -0.4 is 11.1 Å². The van der Waals surface area contributed by atoms with E-state index in [0.29, 0.717) is 16.6 Å². The van der Waals surface area contributed by atoms with Crippen LogP contribution >= 0.6 is 11.3 Å². The number of nitrogens with one attached hydrogen (secondary N) is 1. The summed E-state index contributed by atoms with van der Waals surface area (Å²) in [4.78, 5) is 12.5. The molecule has 104 valence electrons. The van der Waals surface area contributed by atoms with Crippen LogP contribution in [-0.2, 0) is 0 Å². The lowest BCUT2D eigenvalue weighted by atomic mass is 10.0. The number of hydrogen-bond donors (Lipinski definition) is 2. The van der Waals surface area contributed by atoms with E-state index in [1.807, 2.05) is 35.7 Å². The second-order valence-corrected chi connectivity index (χ2v) is 6.12. The molecule has 1 amide bonds. The molecule has 1 aliphatic rings. The predicted octanol–water partition coefficient (Wildman–Crippen LogP) is 3.67. The molecular weight excluding hydrogens is 268 g/mol. The molecular formula is C16H18N2OS. The van der Waals surface area contributed by atoms with Gasteiger partial charge in [0.15, 0.2) is 0 Å². The highest BCUT2D eigenvalue weighted by Crippen LogP contribution is 2.33. The van der Waals surface area contributed by atoms with E-state index in [9.17, 15) is 4.79 Å². The number of carbonyl (C=O) groups is 1. The third-order valence-corrected chi connectivity index (χ3v) is 4.63. The fraction of sp³-hybridized carbons (Fsp3) is 0.312. The zero-order valence-electron chi connectivity index (χ0n) is 11.3. The molecule has 1 saturated carbocycles. The van der Waals surface area contributed by atoms with Crippen LogP contribution in [0.2, 0.25) is 0 Å². The molecule has 0 atom stereocenters. The molecule has 3 nitrogen and oxygen atoms in total. The number of carbonyl (C=O) groups excluding carboxylic acids is 1. The van der Waals surface area contributed by atoms with Gasteiger partial charge in [0.25, 0.3) is 5.91 Å². The fourth-order valence-electron chi connectivity index (χ4n) is 2.77. The van der Waals surface area contributed by atoms with Crippen molar-refractivity contribution in [1.29, 1.82) is 0 Å². The van der Waals surface area contributed by atoms with Gasteiger partial charge in [-0.05, 0) is 18.4 Å². The summed E-state index contributed by atoms with van der Waals surface area (Å²) in [5.41, 5.74) is 8.62. The molecule has 3 N–H and O–H groups in total. The SMILES string of the molecule is Nc1scc(-c2ccccc2)c1C(=O)NC1CCCC1. The lowest BCUT2D eigenvalue weighted by molar-refractivity contribution is 0.0940. The second-order valence-electron chi connectivity index (χ2n) is 5.21. The van der Waals surface area contributed by atoms with E-state index in [1.54, 1.807) is 0 Å². The molecule has 0 radical (unpaired) electrons. The maximum atomic E-state index is 12.5. The van der Waals surface area contributed by atoms with E-state index < -0.39 is 0 Å². The van der Waals surface area contributed by atoms with Gasteiger partial charge in [0.1, 0.15) is 0 Å². The molecule has 1 fully saturated rings. The number of nitrogens with two attached hydrogens (primary N) is 1. The van der Waals surface area contributed by atoms with Gasteiger partial charge in [-0.25, -0.2) is 0 Å². The highest BCUT2D eigenvalue weighted by Gasteiger charge is 2.22. The predicted molar refractivity (Wildman–Crippen MR) is 83.9 cm³/mol. The minimum atomic E-state index is -0.0329. The van der Waals surface area contributed by atoms with Gasteiger partial charge in [-0.2, -0.15) is 0 Å². The first kappa shape index (κ1) is 13.2. The molecule has 1 heterocycles. The van der Waals surface area contributed by atoms with Gasteiger partial charge < -0.3 is 11.1 Å². The van der Waals surface area contributed by atoms with Crippen molar-refractivity contribution in [2.24, 2.45) is 0 Å². The number of thiophene rings is 1. The van der Waals surface area contributed by atoms with Crippen LogP contribution in [0, 0.1) is 0 Å². The Balaban J connectivity index is 1.89. The summed E-state index contributed by atoms with van der Waals surface area (Å²) in [5, 5.41) is 5.68. The summed E-state index contributed by atoms with van der Waals surface area (Å²) >= 11 is 1.43. The smallest absolute Gasteiger partial charge is 0.255 e. The lowest BCUT2D eigenvalue weighted by Gasteiger charge is -2.13. The second kappa shape index (κ2) is 5.67. The first-order valence-electron chi connectivity index (χ1n) is 6.99. The molecule has 1 aromatic heterocycles. The van der Waals surface area contributed by atoms with E-state index in [0.717, 1.165) is 24.0 Å². The summed E-state index contributed by atoms with van der Waals surface area (Å²) in [6.45, 7) is 0. The molecule has 3 rings (SSSR count). The van der Waals surface area contributed by atoms with Gasteiger partial charge in [-0.1, -0.05) is 43.2 Å². The number of amides is 1. The Hall–Kier alpha value is -1.81. The van der Waals surface area contributed by atoms with E-state index in [-0.39, 0.29) is 5.91 Å². The van der Waals surface area contributed by atoms with E-state index >= 15 is 0 Å². The molecule has 1 aromatic carbocycles.